The van der Waals surface area contributed by atoms with E-state index in [0.29, 0.717) is 24.6 Å². The quantitative estimate of drug-likeness (QED) is 0.309. The predicted molar refractivity (Wildman–Crippen MR) is 140 cm³/mol. The topological polar surface area (TPSA) is 116 Å². The number of hydrogen-bond donors (Lipinski definition) is 4. The molecule has 0 aliphatic heterocycles. The van der Waals surface area contributed by atoms with E-state index in [9.17, 15) is 10.2 Å². The zero-order valence-electron chi connectivity index (χ0n) is 20.3. The molecule has 4 atom stereocenters. The number of aryl methyl sites for hydroxylation is 2. The maximum Gasteiger partial charge on any atom is 0.225 e. The second kappa shape index (κ2) is 9.14. The van der Waals surface area contributed by atoms with Gasteiger partial charge in [0.2, 0.25) is 5.95 Å². The van der Waals surface area contributed by atoms with E-state index >= 15 is 0 Å². The number of aromatic nitrogens is 4. The Morgan fingerprint density at radius 3 is 2.54 bits per heavy atom. The lowest BCUT2D eigenvalue weighted by atomic mass is 9.98. The molecule has 0 spiro atoms. The maximum absolute atomic E-state index is 10.9. The summed E-state index contributed by atoms with van der Waals surface area (Å²) in [6.07, 6.45) is 3.86. The molecule has 1 saturated carbocycles. The molecular formula is C26H30N6O2S. The van der Waals surface area contributed by atoms with Gasteiger partial charge in [-0.2, -0.15) is 4.98 Å². The first kappa shape index (κ1) is 23.6. The van der Waals surface area contributed by atoms with E-state index in [4.69, 9.17) is 15.0 Å². The van der Waals surface area contributed by atoms with Crippen molar-refractivity contribution in [3.05, 3.63) is 59.5 Å². The van der Waals surface area contributed by atoms with E-state index in [2.05, 4.69) is 53.7 Å². The average Bonchev–Trinajstić information content (AvgIpc) is 3.35. The van der Waals surface area contributed by atoms with Gasteiger partial charge in [0.25, 0.3) is 0 Å². The molecule has 0 bridgehead atoms. The lowest BCUT2D eigenvalue weighted by molar-refractivity contribution is -0.0439. The lowest BCUT2D eigenvalue weighted by Gasteiger charge is -2.30. The van der Waals surface area contributed by atoms with Gasteiger partial charge in [0.1, 0.15) is 21.9 Å². The molecular weight excluding hydrogens is 460 g/mol. The van der Waals surface area contributed by atoms with Crippen molar-refractivity contribution in [3.63, 3.8) is 0 Å². The Morgan fingerprint density at radius 2 is 1.86 bits per heavy atom. The number of aliphatic hydroxyl groups is 2. The minimum Gasteiger partial charge on any atom is -0.390 e. The number of pyridine rings is 1. The van der Waals surface area contributed by atoms with Crippen molar-refractivity contribution in [2.45, 2.75) is 64.3 Å². The van der Waals surface area contributed by atoms with Crippen LogP contribution in [0.1, 0.15) is 49.6 Å². The molecule has 0 radical (unpaired) electrons. The van der Waals surface area contributed by atoms with Crippen LogP contribution in [0.3, 0.4) is 0 Å². The van der Waals surface area contributed by atoms with Gasteiger partial charge in [0.15, 0.2) is 0 Å². The second-order valence-electron chi connectivity index (χ2n) is 9.51. The number of rotatable bonds is 6. The summed E-state index contributed by atoms with van der Waals surface area (Å²) in [6.45, 7) is 7.74. The number of aliphatic hydroxyl groups excluding tert-OH is 1. The van der Waals surface area contributed by atoms with E-state index in [1.807, 2.05) is 13.0 Å². The van der Waals surface area contributed by atoms with Gasteiger partial charge in [-0.15, -0.1) is 11.3 Å². The summed E-state index contributed by atoms with van der Waals surface area (Å²) in [5.74, 6) is 1.07. The Kier molecular flexibility index (Phi) is 6.16. The highest BCUT2D eigenvalue weighted by atomic mass is 32.1. The Hall–Kier alpha value is -3.14. The van der Waals surface area contributed by atoms with E-state index < -0.39 is 11.7 Å². The number of benzene rings is 1. The van der Waals surface area contributed by atoms with Crippen molar-refractivity contribution >= 4 is 33.3 Å². The molecule has 35 heavy (non-hydrogen) atoms. The Labute approximate surface area is 208 Å². The standard InChI is InChI=1S/C26H30N6O2S/c1-14-5-7-17(8-6-14)15(2)28-25-29-16(3)22(24-30-18-13-27-12-11-19(18)35-24)23(32-25)31-20-9-10-21(33)26(20,4)34/h5-8,11-13,15,20-21,33-34H,9-10H2,1-4H3,(H2,28,29,31,32)/t15-,20+,21+,26-/m0/s1. The molecule has 0 saturated heterocycles. The highest BCUT2D eigenvalue weighted by Gasteiger charge is 2.45. The minimum absolute atomic E-state index is 0.00126. The fourth-order valence-corrected chi connectivity index (χ4v) is 5.57. The minimum atomic E-state index is -1.27. The SMILES string of the molecule is Cc1ccc([C@H](C)Nc2nc(C)c(-c3nc4cnccc4s3)c(N[C@@H]3CC[C@@H](O)[C@@]3(C)O)n2)cc1. The molecule has 5 rings (SSSR count). The molecule has 9 heteroatoms. The summed E-state index contributed by atoms with van der Waals surface area (Å²) >= 11 is 1.55. The molecule has 1 aliphatic rings. The number of thiazole rings is 1. The molecule has 3 heterocycles. The van der Waals surface area contributed by atoms with Gasteiger partial charge in [-0.05, 0) is 52.2 Å². The first-order valence-corrected chi connectivity index (χ1v) is 12.6. The molecule has 8 nitrogen and oxygen atoms in total. The maximum atomic E-state index is 10.9. The lowest BCUT2D eigenvalue weighted by Crippen LogP contribution is -2.47. The molecule has 182 valence electrons. The van der Waals surface area contributed by atoms with Crippen molar-refractivity contribution in [2.75, 3.05) is 10.6 Å². The summed E-state index contributed by atoms with van der Waals surface area (Å²) in [7, 11) is 0. The van der Waals surface area contributed by atoms with Gasteiger partial charge in [-0.25, -0.2) is 9.97 Å². The van der Waals surface area contributed by atoms with Crippen molar-refractivity contribution in [1.29, 1.82) is 0 Å². The van der Waals surface area contributed by atoms with Gasteiger partial charge in [0.05, 0.1) is 40.3 Å². The molecule has 4 N–H and O–H groups in total. The number of fused-ring (bicyclic) bond motifs is 1. The van der Waals surface area contributed by atoms with E-state index in [-0.39, 0.29) is 12.1 Å². The van der Waals surface area contributed by atoms with Gasteiger partial charge in [-0.1, -0.05) is 29.8 Å². The van der Waals surface area contributed by atoms with Crippen molar-refractivity contribution in [2.24, 2.45) is 0 Å². The van der Waals surface area contributed by atoms with Crippen LogP contribution in [0.15, 0.2) is 42.7 Å². The third-order valence-electron chi connectivity index (χ3n) is 6.84. The van der Waals surface area contributed by atoms with E-state index in [1.54, 1.807) is 30.7 Å². The molecule has 3 aromatic heterocycles. The van der Waals surface area contributed by atoms with E-state index in [1.165, 1.54) is 5.56 Å². The Morgan fingerprint density at radius 1 is 1.09 bits per heavy atom. The Balaban J connectivity index is 1.54. The van der Waals surface area contributed by atoms with E-state index in [0.717, 1.165) is 32.0 Å². The van der Waals surface area contributed by atoms with Crippen LogP contribution >= 0.6 is 11.3 Å². The number of hydrogen-bond acceptors (Lipinski definition) is 9. The van der Waals surface area contributed by atoms with Crippen LogP contribution in [-0.2, 0) is 0 Å². The molecule has 1 fully saturated rings. The van der Waals surface area contributed by atoms with Crippen molar-refractivity contribution in [1.82, 2.24) is 19.9 Å². The summed E-state index contributed by atoms with van der Waals surface area (Å²) in [5, 5.41) is 28.9. The highest BCUT2D eigenvalue weighted by molar-refractivity contribution is 7.21. The predicted octanol–water partition coefficient (Wildman–Crippen LogP) is 4.62. The van der Waals surface area contributed by atoms with Crippen LogP contribution in [0, 0.1) is 13.8 Å². The third kappa shape index (κ3) is 4.59. The van der Waals surface area contributed by atoms with Crippen LogP contribution in [0.4, 0.5) is 11.8 Å². The van der Waals surface area contributed by atoms with Gasteiger partial charge >= 0.3 is 0 Å². The molecule has 1 aliphatic carbocycles. The van der Waals surface area contributed by atoms with Crippen LogP contribution in [0.5, 0.6) is 0 Å². The normalized spacial score (nSPS) is 22.9. The number of anilines is 2. The molecule has 1 aromatic carbocycles. The zero-order valence-corrected chi connectivity index (χ0v) is 21.1. The first-order chi connectivity index (χ1) is 16.7. The van der Waals surface area contributed by atoms with Crippen LogP contribution < -0.4 is 10.6 Å². The fraction of sp³-hybridized carbons (Fsp3) is 0.385. The summed E-state index contributed by atoms with van der Waals surface area (Å²) in [4.78, 5) is 18.6. The average molecular weight is 491 g/mol. The number of nitrogens with one attached hydrogen (secondary N) is 2. The van der Waals surface area contributed by atoms with Gasteiger partial charge in [0, 0.05) is 6.20 Å². The third-order valence-corrected chi connectivity index (χ3v) is 7.89. The van der Waals surface area contributed by atoms with Crippen LogP contribution in [0.25, 0.3) is 20.8 Å². The molecule has 4 aromatic rings. The largest absolute Gasteiger partial charge is 0.390 e. The molecule has 0 amide bonds. The van der Waals surface area contributed by atoms with Crippen molar-refractivity contribution < 1.29 is 10.2 Å². The summed E-state index contributed by atoms with van der Waals surface area (Å²) in [5.41, 5.74) is 3.45. The summed E-state index contributed by atoms with van der Waals surface area (Å²) < 4.78 is 1.03. The van der Waals surface area contributed by atoms with Crippen LogP contribution in [-0.4, -0.2) is 47.9 Å². The van der Waals surface area contributed by atoms with Gasteiger partial charge in [-0.3, -0.25) is 4.98 Å². The number of nitrogens with zero attached hydrogens (tertiary/aromatic N) is 4. The zero-order chi connectivity index (χ0) is 24.7. The summed E-state index contributed by atoms with van der Waals surface area (Å²) in [6, 6.07) is 9.95. The monoisotopic (exact) mass is 490 g/mol. The highest BCUT2D eigenvalue weighted by Crippen LogP contribution is 2.39. The smallest absolute Gasteiger partial charge is 0.225 e. The van der Waals surface area contributed by atoms with Crippen molar-refractivity contribution in [3.8, 4) is 10.6 Å². The fourth-order valence-electron chi connectivity index (χ4n) is 4.54. The van der Waals surface area contributed by atoms with Crippen LogP contribution in [0.2, 0.25) is 0 Å². The molecule has 0 unspecified atom stereocenters. The Bertz CT molecular complexity index is 1320. The first-order valence-electron chi connectivity index (χ1n) is 11.8. The van der Waals surface area contributed by atoms with Gasteiger partial charge < -0.3 is 20.8 Å². The second-order valence-corrected chi connectivity index (χ2v) is 10.5.